The third-order valence-corrected chi connectivity index (χ3v) is 5.48. The summed E-state index contributed by atoms with van der Waals surface area (Å²) in [5.41, 5.74) is 2.05. The van der Waals surface area contributed by atoms with E-state index in [0.717, 1.165) is 5.56 Å². The second-order valence-electron chi connectivity index (χ2n) is 5.91. The van der Waals surface area contributed by atoms with Gasteiger partial charge in [-0.2, -0.15) is 0 Å². The number of nitrogens with one attached hydrogen (secondary N) is 2. The number of aryl methyl sites for hydroxylation is 1. The molecular formula is C20H17ClN2O3S. The smallest absolute Gasteiger partial charge is 0.261 e. The first-order chi connectivity index (χ1) is 12.8. The van der Waals surface area contributed by atoms with Crippen LogP contribution in [0.2, 0.25) is 5.02 Å². The highest BCUT2D eigenvalue weighted by molar-refractivity contribution is 7.92. The molecule has 3 aromatic rings. The molecular weight excluding hydrogens is 384 g/mol. The summed E-state index contributed by atoms with van der Waals surface area (Å²) in [4.78, 5) is 12.5. The number of halogens is 1. The van der Waals surface area contributed by atoms with E-state index in [4.69, 9.17) is 11.6 Å². The van der Waals surface area contributed by atoms with Crippen molar-refractivity contribution >= 4 is 38.9 Å². The molecule has 0 heterocycles. The predicted molar refractivity (Wildman–Crippen MR) is 108 cm³/mol. The highest BCUT2D eigenvalue weighted by Gasteiger charge is 2.17. The number of sulfonamides is 1. The number of para-hydroxylation sites is 1. The van der Waals surface area contributed by atoms with Crippen molar-refractivity contribution in [1.29, 1.82) is 0 Å². The highest BCUT2D eigenvalue weighted by Crippen LogP contribution is 2.21. The summed E-state index contributed by atoms with van der Waals surface area (Å²) < 4.78 is 27.9. The lowest BCUT2D eigenvalue weighted by molar-refractivity contribution is 0.102. The molecule has 3 aromatic carbocycles. The fourth-order valence-electron chi connectivity index (χ4n) is 2.47. The molecule has 0 aliphatic carbocycles. The molecule has 0 unspecified atom stereocenters. The number of benzene rings is 3. The van der Waals surface area contributed by atoms with Gasteiger partial charge in [0.2, 0.25) is 0 Å². The van der Waals surface area contributed by atoms with E-state index in [1.54, 1.807) is 42.5 Å². The average Bonchev–Trinajstić information content (AvgIpc) is 2.64. The number of carbonyl (C=O) groups excluding carboxylic acids is 1. The third-order valence-electron chi connectivity index (χ3n) is 3.88. The number of amides is 1. The van der Waals surface area contributed by atoms with Crippen LogP contribution < -0.4 is 10.0 Å². The van der Waals surface area contributed by atoms with Gasteiger partial charge in [-0.25, -0.2) is 8.42 Å². The fraction of sp³-hybridized carbons (Fsp3) is 0.0500. The van der Waals surface area contributed by atoms with Crippen molar-refractivity contribution in [2.45, 2.75) is 11.8 Å². The van der Waals surface area contributed by atoms with Crippen molar-refractivity contribution in [1.82, 2.24) is 0 Å². The van der Waals surface area contributed by atoms with Crippen molar-refractivity contribution < 1.29 is 13.2 Å². The summed E-state index contributed by atoms with van der Waals surface area (Å²) in [6, 6.07) is 19.6. The van der Waals surface area contributed by atoms with Crippen molar-refractivity contribution in [2.24, 2.45) is 0 Å². The first-order valence-corrected chi connectivity index (χ1v) is 9.97. The van der Waals surface area contributed by atoms with Crippen LogP contribution in [0.15, 0.2) is 77.7 Å². The van der Waals surface area contributed by atoms with Gasteiger partial charge in [0.25, 0.3) is 15.9 Å². The standard InChI is InChI=1S/C20H17ClN2O3S/c1-14-6-2-3-11-19(14)23-27(25,26)18-10-4-7-15(12-18)20(24)22-17-9-5-8-16(21)13-17/h2-13,23H,1H3,(H,22,24). The van der Waals surface area contributed by atoms with Crippen LogP contribution in [0.25, 0.3) is 0 Å². The third kappa shape index (κ3) is 4.67. The highest BCUT2D eigenvalue weighted by atomic mass is 35.5. The summed E-state index contributed by atoms with van der Waals surface area (Å²) >= 11 is 5.91. The molecule has 1 amide bonds. The van der Waals surface area contributed by atoms with E-state index in [2.05, 4.69) is 10.0 Å². The molecule has 27 heavy (non-hydrogen) atoms. The zero-order chi connectivity index (χ0) is 19.4. The predicted octanol–water partition coefficient (Wildman–Crippen LogP) is 4.70. The van der Waals surface area contributed by atoms with Crippen molar-refractivity contribution in [3.8, 4) is 0 Å². The Morgan fingerprint density at radius 1 is 0.926 bits per heavy atom. The van der Waals surface area contributed by atoms with E-state index in [0.29, 0.717) is 16.4 Å². The summed E-state index contributed by atoms with van der Waals surface area (Å²) in [5, 5.41) is 3.19. The van der Waals surface area contributed by atoms with Crippen LogP contribution >= 0.6 is 11.6 Å². The Labute approximate surface area is 163 Å². The summed E-state index contributed by atoms with van der Waals surface area (Å²) in [6.45, 7) is 1.81. The van der Waals surface area contributed by atoms with E-state index in [-0.39, 0.29) is 10.5 Å². The summed E-state index contributed by atoms with van der Waals surface area (Å²) in [7, 11) is -3.82. The molecule has 0 aromatic heterocycles. The Morgan fingerprint density at radius 3 is 2.41 bits per heavy atom. The Kier molecular flexibility index (Phi) is 5.48. The normalized spacial score (nSPS) is 11.0. The van der Waals surface area contributed by atoms with Crippen molar-refractivity contribution in [3.63, 3.8) is 0 Å². The van der Waals surface area contributed by atoms with E-state index in [1.807, 2.05) is 19.1 Å². The van der Waals surface area contributed by atoms with Crippen molar-refractivity contribution in [2.75, 3.05) is 10.0 Å². The minimum atomic E-state index is -3.82. The zero-order valence-electron chi connectivity index (χ0n) is 14.4. The van der Waals surface area contributed by atoms with Gasteiger partial charge in [0.05, 0.1) is 10.6 Å². The largest absolute Gasteiger partial charge is 0.322 e. The van der Waals surface area contributed by atoms with Gasteiger partial charge in [-0.1, -0.05) is 41.9 Å². The lowest BCUT2D eigenvalue weighted by atomic mass is 10.2. The molecule has 0 aliphatic rings. The lowest BCUT2D eigenvalue weighted by Gasteiger charge is -2.11. The fourth-order valence-corrected chi connectivity index (χ4v) is 3.83. The van der Waals surface area contributed by atoms with Crippen LogP contribution in [0.4, 0.5) is 11.4 Å². The molecule has 3 rings (SSSR count). The SMILES string of the molecule is Cc1ccccc1NS(=O)(=O)c1cccc(C(=O)Nc2cccc(Cl)c2)c1. The van der Waals surface area contributed by atoms with Gasteiger partial charge in [0.1, 0.15) is 0 Å². The van der Waals surface area contributed by atoms with Crippen LogP contribution in [-0.2, 0) is 10.0 Å². The molecule has 0 saturated heterocycles. The second kappa shape index (κ2) is 7.82. The van der Waals surface area contributed by atoms with Crippen LogP contribution in [0.3, 0.4) is 0 Å². The summed E-state index contributed by atoms with van der Waals surface area (Å²) in [6.07, 6.45) is 0. The number of rotatable bonds is 5. The van der Waals surface area contributed by atoms with Crippen LogP contribution in [-0.4, -0.2) is 14.3 Å². The molecule has 2 N–H and O–H groups in total. The first-order valence-electron chi connectivity index (χ1n) is 8.10. The van der Waals surface area contributed by atoms with Gasteiger partial charge < -0.3 is 5.32 Å². The summed E-state index contributed by atoms with van der Waals surface area (Å²) in [5.74, 6) is -0.426. The first kappa shape index (κ1) is 18.9. The molecule has 0 fully saturated rings. The van der Waals surface area contributed by atoms with E-state index in [9.17, 15) is 13.2 Å². The van der Waals surface area contributed by atoms with Gasteiger partial charge in [-0.15, -0.1) is 0 Å². The molecule has 0 radical (unpaired) electrons. The number of anilines is 2. The van der Waals surface area contributed by atoms with Gasteiger partial charge in [0, 0.05) is 16.3 Å². The Bertz CT molecular complexity index is 1100. The zero-order valence-corrected chi connectivity index (χ0v) is 16.0. The Hall–Kier alpha value is -2.83. The minimum absolute atomic E-state index is 0.00416. The quantitative estimate of drug-likeness (QED) is 0.651. The van der Waals surface area contributed by atoms with Crippen LogP contribution in [0, 0.1) is 6.92 Å². The number of hydrogen-bond acceptors (Lipinski definition) is 3. The van der Waals surface area contributed by atoms with Crippen LogP contribution in [0.5, 0.6) is 0 Å². The maximum Gasteiger partial charge on any atom is 0.261 e. The van der Waals surface area contributed by atoms with Gasteiger partial charge >= 0.3 is 0 Å². The second-order valence-corrected chi connectivity index (χ2v) is 8.03. The Morgan fingerprint density at radius 2 is 1.67 bits per heavy atom. The lowest BCUT2D eigenvalue weighted by Crippen LogP contribution is -2.16. The number of hydrogen-bond donors (Lipinski definition) is 2. The molecule has 0 atom stereocenters. The van der Waals surface area contributed by atoms with Gasteiger partial charge in [0.15, 0.2) is 0 Å². The minimum Gasteiger partial charge on any atom is -0.322 e. The van der Waals surface area contributed by atoms with E-state index in [1.165, 1.54) is 18.2 Å². The molecule has 0 aliphatic heterocycles. The molecule has 0 spiro atoms. The van der Waals surface area contributed by atoms with Crippen molar-refractivity contribution in [3.05, 3.63) is 88.9 Å². The average molecular weight is 401 g/mol. The molecule has 138 valence electrons. The maximum atomic E-state index is 12.7. The molecule has 0 bridgehead atoms. The van der Waals surface area contributed by atoms with Gasteiger partial charge in [-0.05, 0) is 55.0 Å². The number of carbonyl (C=O) groups is 1. The monoisotopic (exact) mass is 400 g/mol. The molecule has 7 heteroatoms. The van der Waals surface area contributed by atoms with E-state index >= 15 is 0 Å². The Balaban J connectivity index is 1.84. The maximum absolute atomic E-state index is 12.7. The van der Waals surface area contributed by atoms with Crippen LogP contribution in [0.1, 0.15) is 15.9 Å². The van der Waals surface area contributed by atoms with Gasteiger partial charge in [-0.3, -0.25) is 9.52 Å². The van der Waals surface area contributed by atoms with E-state index < -0.39 is 15.9 Å². The topological polar surface area (TPSA) is 75.3 Å². The molecule has 5 nitrogen and oxygen atoms in total. The molecule has 0 saturated carbocycles.